The molecule has 3 aromatic heterocycles. The van der Waals surface area contributed by atoms with Gasteiger partial charge in [0.05, 0.1) is 23.1 Å². The first-order valence-corrected chi connectivity index (χ1v) is 11.3. The number of nitrogens with one attached hydrogen (secondary N) is 3. The highest BCUT2D eigenvalue weighted by molar-refractivity contribution is 7.14. The van der Waals surface area contributed by atoms with Gasteiger partial charge in [-0.3, -0.25) is 14.9 Å². The minimum atomic E-state index is -0.453. The van der Waals surface area contributed by atoms with E-state index in [9.17, 15) is 9.59 Å². The Morgan fingerprint density at radius 2 is 1.79 bits per heavy atom. The number of hydrogen-bond donors (Lipinski definition) is 3. The number of anilines is 2. The number of thiazole rings is 1. The van der Waals surface area contributed by atoms with Crippen LogP contribution in [0.25, 0.3) is 22.4 Å². The van der Waals surface area contributed by atoms with E-state index in [1.54, 1.807) is 11.4 Å². The Labute approximate surface area is 198 Å². The lowest BCUT2D eigenvalue weighted by atomic mass is 10.2. The highest BCUT2D eigenvalue weighted by atomic mass is 32.1. The zero-order valence-corrected chi connectivity index (χ0v) is 18.9. The maximum Gasteiger partial charge on any atom is 0.295 e. The Kier molecular flexibility index (Phi) is 5.79. The molecule has 5 rings (SSSR count). The molecule has 168 valence electrons. The van der Waals surface area contributed by atoms with Gasteiger partial charge in [0.1, 0.15) is 5.82 Å². The van der Waals surface area contributed by atoms with Crippen molar-refractivity contribution in [3.8, 4) is 11.4 Å². The second kappa shape index (κ2) is 9.20. The Hall–Kier alpha value is -4.44. The summed E-state index contributed by atoms with van der Waals surface area (Å²) in [6, 6.07) is 15.2. The Morgan fingerprint density at radius 1 is 1.00 bits per heavy atom. The summed E-state index contributed by atoms with van der Waals surface area (Å²) in [7, 11) is 0. The molecule has 34 heavy (non-hydrogen) atoms. The van der Waals surface area contributed by atoms with E-state index in [-0.39, 0.29) is 18.2 Å². The number of fused-ring (bicyclic) bond motifs is 1. The number of H-pyrrole nitrogens is 1. The number of aromatic nitrogens is 5. The summed E-state index contributed by atoms with van der Waals surface area (Å²) >= 11 is 1.23. The fourth-order valence-corrected chi connectivity index (χ4v) is 4.06. The number of carbonyl (C=O) groups excluding carboxylic acids is 2. The van der Waals surface area contributed by atoms with Gasteiger partial charge in [0.2, 0.25) is 11.7 Å². The molecule has 3 heterocycles. The molecule has 0 saturated carbocycles. The Morgan fingerprint density at radius 3 is 2.59 bits per heavy atom. The molecule has 3 N–H and O–H groups in total. The fourth-order valence-electron chi connectivity index (χ4n) is 3.36. The third kappa shape index (κ3) is 4.81. The lowest BCUT2D eigenvalue weighted by Crippen LogP contribution is -2.16. The SMILES string of the molecule is Cc1ccc2nc(-c3ccc(NC(=O)Cc4csc(NC(=O)c5ncccn5)n4)cc3)[nH]c2c1. The third-order valence-electron chi connectivity index (χ3n) is 4.96. The van der Waals surface area contributed by atoms with Crippen LogP contribution < -0.4 is 10.6 Å². The molecule has 0 aliphatic rings. The molecular formula is C24H19N7O2S. The second-order valence-electron chi connectivity index (χ2n) is 7.58. The molecule has 9 nitrogen and oxygen atoms in total. The van der Waals surface area contributed by atoms with Gasteiger partial charge in [0.15, 0.2) is 5.13 Å². The van der Waals surface area contributed by atoms with Crippen LogP contribution in [0, 0.1) is 6.92 Å². The van der Waals surface area contributed by atoms with Crippen LogP contribution in [0.3, 0.4) is 0 Å². The van der Waals surface area contributed by atoms with Gasteiger partial charge in [-0.25, -0.2) is 19.9 Å². The van der Waals surface area contributed by atoms with Crippen LogP contribution in [0.4, 0.5) is 10.8 Å². The van der Waals surface area contributed by atoms with E-state index in [1.165, 1.54) is 29.3 Å². The number of carbonyl (C=O) groups is 2. The van der Waals surface area contributed by atoms with Gasteiger partial charge in [0, 0.05) is 29.0 Å². The lowest BCUT2D eigenvalue weighted by molar-refractivity contribution is -0.115. The summed E-state index contributed by atoms with van der Waals surface area (Å²) < 4.78 is 0. The average molecular weight is 470 g/mol. The number of hydrogen-bond acceptors (Lipinski definition) is 7. The number of benzene rings is 2. The molecule has 10 heteroatoms. The highest BCUT2D eigenvalue weighted by Gasteiger charge is 2.13. The van der Waals surface area contributed by atoms with Crippen LogP contribution >= 0.6 is 11.3 Å². The van der Waals surface area contributed by atoms with Gasteiger partial charge in [-0.1, -0.05) is 6.07 Å². The topological polar surface area (TPSA) is 126 Å². The van der Waals surface area contributed by atoms with Gasteiger partial charge < -0.3 is 10.3 Å². The molecule has 2 amide bonds. The van der Waals surface area contributed by atoms with Crippen LogP contribution in [-0.2, 0) is 11.2 Å². The Bertz CT molecular complexity index is 1480. The van der Waals surface area contributed by atoms with E-state index in [0.717, 1.165) is 22.4 Å². The molecule has 0 atom stereocenters. The molecule has 0 unspecified atom stereocenters. The highest BCUT2D eigenvalue weighted by Crippen LogP contribution is 2.23. The predicted octanol–water partition coefficient (Wildman–Crippen LogP) is 4.22. The molecular weight excluding hydrogens is 450 g/mol. The van der Waals surface area contributed by atoms with Gasteiger partial charge in [0.25, 0.3) is 5.91 Å². The molecule has 5 aromatic rings. The van der Waals surface area contributed by atoms with Crippen LogP contribution in [0.2, 0.25) is 0 Å². The van der Waals surface area contributed by atoms with E-state index < -0.39 is 5.91 Å². The quantitative estimate of drug-likeness (QED) is 0.342. The zero-order valence-electron chi connectivity index (χ0n) is 18.1. The number of rotatable bonds is 6. The lowest BCUT2D eigenvalue weighted by Gasteiger charge is -2.05. The molecule has 2 aromatic carbocycles. The minimum absolute atomic E-state index is 0.0539. The minimum Gasteiger partial charge on any atom is -0.338 e. The van der Waals surface area contributed by atoms with Gasteiger partial charge in [-0.05, 0) is 55.0 Å². The number of amides is 2. The first-order valence-electron chi connectivity index (χ1n) is 10.4. The third-order valence-corrected chi connectivity index (χ3v) is 5.77. The van der Waals surface area contributed by atoms with Crippen molar-refractivity contribution in [1.29, 1.82) is 0 Å². The Balaban J connectivity index is 1.19. The van der Waals surface area contributed by atoms with Crippen molar-refractivity contribution in [3.05, 3.63) is 83.4 Å². The molecule has 0 fully saturated rings. The molecule has 0 bridgehead atoms. The standard InChI is InChI=1S/C24H19N7O2S/c1-14-3-8-18-19(11-14)30-21(29-18)15-4-6-16(7-5-15)27-20(32)12-17-13-34-24(28-17)31-23(33)22-25-9-2-10-26-22/h2-11,13H,12H2,1H3,(H,27,32)(H,29,30)(H,28,31,33). The molecule has 0 saturated heterocycles. The van der Waals surface area contributed by atoms with E-state index in [4.69, 9.17) is 0 Å². The van der Waals surface area contributed by atoms with Crippen LogP contribution in [0.15, 0.2) is 66.3 Å². The fraction of sp³-hybridized carbons (Fsp3) is 0.0833. The van der Waals surface area contributed by atoms with Crippen molar-refractivity contribution in [3.63, 3.8) is 0 Å². The number of aromatic amines is 1. The maximum atomic E-state index is 12.5. The van der Waals surface area contributed by atoms with Crippen LogP contribution in [0.5, 0.6) is 0 Å². The molecule has 0 aliphatic heterocycles. The largest absolute Gasteiger partial charge is 0.338 e. The maximum absolute atomic E-state index is 12.5. The first kappa shape index (κ1) is 21.4. The summed E-state index contributed by atoms with van der Waals surface area (Å²) in [4.78, 5) is 44.6. The smallest absolute Gasteiger partial charge is 0.295 e. The second-order valence-corrected chi connectivity index (χ2v) is 8.44. The number of nitrogens with zero attached hydrogens (tertiary/aromatic N) is 4. The van der Waals surface area contributed by atoms with Crippen molar-refractivity contribution in [2.45, 2.75) is 13.3 Å². The normalized spacial score (nSPS) is 10.9. The summed E-state index contributed by atoms with van der Waals surface area (Å²) in [6.45, 7) is 2.04. The van der Waals surface area contributed by atoms with Crippen molar-refractivity contribution in [2.75, 3.05) is 10.6 Å². The molecule has 0 aliphatic carbocycles. The first-order chi connectivity index (χ1) is 16.5. The summed E-state index contributed by atoms with van der Waals surface area (Å²) in [5.74, 6) is 0.168. The van der Waals surface area contributed by atoms with Crippen molar-refractivity contribution < 1.29 is 9.59 Å². The van der Waals surface area contributed by atoms with Crippen LogP contribution in [-0.4, -0.2) is 36.7 Å². The van der Waals surface area contributed by atoms with E-state index in [1.807, 2.05) is 43.3 Å². The van der Waals surface area contributed by atoms with Gasteiger partial charge in [-0.15, -0.1) is 11.3 Å². The average Bonchev–Trinajstić information content (AvgIpc) is 3.46. The van der Waals surface area contributed by atoms with Crippen molar-refractivity contribution in [1.82, 2.24) is 24.9 Å². The van der Waals surface area contributed by atoms with E-state index >= 15 is 0 Å². The molecule has 0 radical (unpaired) electrons. The number of imidazole rings is 1. The number of aryl methyl sites for hydroxylation is 1. The predicted molar refractivity (Wildman–Crippen MR) is 131 cm³/mol. The van der Waals surface area contributed by atoms with Crippen molar-refractivity contribution >= 4 is 45.0 Å². The van der Waals surface area contributed by atoms with Crippen LogP contribution in [0.1, 0.15) is 21.9 Å². The van der Waals surface area contributed by atoms with E-state index in [2.05, 4.69) is 41.6 Å². The summed E-state index contributed by atoms with van der Waals surface area (Å²) in [5, 5.41) is 7.62. The van der Waals surface area contributed by atoms with Crippen molar-refractivity contribution in [2.24, 2.45) is 0 Å². The monoisotopic (exact) mass is 469 g/mol. The summed E-state index contributed by atoms with van der Waals surface area (Å²) in [6.07, 6.45) is 3.06. The summed E-state index contributed by atoms with van der Waals surface area (Å²) in [5.41, 5.74) is 5.22. The zero-order chi connectivity index (χ0) is 23.5. The van der Waals surface area contributed by atoms with E-state index in [0.29, 0.717) is 16.5 Å². The van der Waals surface area contributed by atoms with Gasteiger partial charge in [-0.2, -0.15) is 0 Å². The molecule has 0 spiro atoms. The van der Waals surface area contributed by atoms with Gasteiger partial charge >= 0.3 is 0 Å².